The van der Waals surface area contributed by atoms with Crippen molar-refractivity contribution in [1.29, 1.82) is 0 Å². The van der Waals surface area contributed by atoms with Crippen molar-refractivity contribution >= 4 is 18.3 Å². The molecule has 0 bridgehead atoms. The SMILES string of the molecule is COc1ccc(C2(NC(=O)CC(N)c3ccccc3)CCCC2)cc1.Cl. The predicted molar refractivity (Wildman–Crippen MR) is 107 cm³/mol. The summed E-state index contributed by atoms with van der Waals surface area (Å²) < 4.78 is 5.24. The molecule has 1 fully saturated rings. The van der Waals surface area contributed by atoms with Crippen molar-refractivity contribution in [2.45, 2.75) is 43.7 Å². The third-order valence-electron chi connectivity index (χ3n) is 5.11. The first kappa shape index (κ1) is 20.3. The van der Waals surface area contributed by atoms with Crippen LogP contribution in [-0.4, -0.2) is 13.0 Å². The largest absolute Gasteiger partial charge is 0.497 e. The second kappa shape index (κ2) is 9.06. The smallest absolute Gasteiger partial charge is 0.222 e. The van der Waals surface area contributed by atoms with Gasteiger partial charge in [0.15, 0.2) is 0 Å². The second-order valence-corrected chi connectivity index (χ2v) is 6.79. The molecular formula is C21H27ClN2O2. The van der Waals surface area contributed by atoms with Crippen LogP contribution in [-0.2, 0) is 10.3 Å². The molecule has 140 valence electrons. The van der Waals surface area contributed by atoms with E-state index in [0.717, 1.165) is 42.6 Å². The number of nitrogens with two attached hydrogens (primary N) is 1. The molecule has 1 aliphatic carbocycles. The van der Waals surface area contributed by atoms with Gasteiger partial charge in [0.05, 0.1) is 12.6 Å². The standard InChI is InChI=1S/C21H26N2O2.ClH/c1-25-18-11-9-17(10-12-18)21(13-5-6-14-21)23-20(24)15-19(22)16-7-3-2-4-8-16;/h2-4,7-12,19H,5-6,13-15,22H2,1H3,(H,23,24);1H. The van der Waals surface area contributed by atoms with Crippen LogP contribution >= 0.6 is 12.4 Å². The predicted octanol–water partition coefficient (Wildman–Crippen LogP) is 4.09. The van der Waals surface area contributed by atoms with Crippen LogP contribution in [0.2, 0.25) is 0 Å². The number of rotatable bonds is 6. The fourth-order valence-corrected chi connectivity index (χ4v) is 3.71. The maximum atomic E-state index is 12.7. The van der Waals surface area contributed by atoms with E-state index >= 15 is 0 Å². The van der Waals surface area contributed by atoms with Crippen LogP contribution in [0.5, 0.6) is 5.75 Å². The lowest BCUT2D eigenvalue weighted by Gasteiger charge is -2.31. The van der Waals surface area contributed by atoms with Crippen molar-refractivity contribution in [1.82, 2.24) is 5.32 Å². The molecule has 2 aromatic carbocycles. The summed E-state index contributed by atoms with van der Waals surface area (Å²) in [5, 5.41) is 3.29. The zero-order valence-corrected chi connectivity index (χ0v) is 15.9. The number of carbonyl (C=O) groups is 1. The van der Waals surface area contributed by atoms with Gasteiger partial charge in [-0.15, -0.1) is 12.4 Å². The molecular weight excluding hydrogens is 348 g/mol. The van der Waals surface area contributed by atoms with E-state index in [1.54, 1.807) is 7.11 Å². The van der Waals surface area contributed by atoms with Gasteiger partial charge in [0.1, 0.15) is 5.75 Å². The first-order valence-corrected chi connectivity index (χ1v) is 8.89. The van der Waals surface area contributed by atoms with Gasteiger partial charge in [0.2, 0.25) is 5.91 Å². The highest BCUT2D eigenvalue weighted by Crippen LogP contribution is 2.39. The minimum absolute atomic E-state index is 0. The Morgan fingerprint density at radius 1 is 1.12 bits per heavy atom. The minimum atomic E-state index is -0.282. The Morgan fingerprint density at radius 3 is 2.31 bits per heavy atom. The van der Waals surface area contributed by atoms with Crippen LogP contribution in [0.25, 0.3) is 0 Å². The summed E-state index contributed by atoms with van der Waals surface area (Å²) in [6.45, 7) is 0. The molecule has 1 atom stereocenters. The average Bonchev–Trinajstić information content (AvgIpc) is 3.12. The summed E-state index contributed by atoms with van der Waals surface area (Å²) >= 11 is 0. The average molecular weight is 375 g/mol. The molecule has 0 radical (unpaired) electrons. The third-order valence-corrected chi connectivity index (χ3v) is 5.11. The molecule has 3 N–H and O–H groups in total. The molecule has 1 aliphatic rings. The van der Waals surface area contributed by atoms with Crippen molar-refractivity contribution in [2.24, 2.45) is 5.73 Å². The van der Waals surface area contributed by atoms with E-state index in [9.17, 15) is 4.79 Å². The molecule has 0 aliphatic heterocycles. The molecule has 0 aromatic heterocycles. The van der Waals surface area contributed by atoms with E-state index in [4.69, 9.17) is 10.5 Å². The summed E-state index contributed by atoms with van der Waals surface area (Å²) in [4.78, 5) is 12.7. The van der Waals surface area contributed by atoms with Crippen LogP contribution in [0, 0.1) is 0 Å². The fraction of sp³-hybridized carbons (Fsp3) is 0.381. The third kappa shape index (κ3) is 4.57. The molecule has 1 saturated carbocycles. The Hall–Kier alpha value is -2.04. The maximum Gasteiger partial charge on any atom is 0.222 e. The topological polar surface area (TPSA) is 64.3 Å². The van der Waals surface area contributed by atoms with E-state index in [1.165, 1.54) is 0 Å². The number of nitrogens with one attached hydrogen (secondary N) is 1. The Balaban J connectivity index is 0.00000243. The normalized spacial score (nSPS) is 16.4. The number of benzene rings is 2. The van der Waals surface area contributed by atoms with Gasteiger partial charge in [0.25, 0.3) is 0 Å². The van der Waals surface area contributed by atoms with Gasteiger partial charge < -0.3 is 15.8 Å². The number of methoxy groups -OCH3 is 1. The highest BCUT2D eigenvalue weighted by molar-refractivity contribution is 5.85. The van der Waals surface area contributed by atoms with Crippen molar-refractivity contribution in [3.05, 3.63) is 65.7 Å². The summed E-state index contributed by atoms with van der Waals surface area (Å²) in [5.74, 6) is 0.836. The van der Waals surface area contributed by atoms with Gasteiger partial charge in [-0.1, -0.05) is 55.3 Å². The highest BCUT2D eigenvalue weighted by atomic mass is 35.5. The molecule has 3 rings (SSSR count). The van der Waals surface area contributed by atoms with Gasteiger partial charge in [-0.3, -0.25) is 4.79 Å². The molecule has 4 nitrogen and oxygen atoms in total. The lowest BCUT2D eigenvalue weighted by atomic mass is 9.87. The van der Waals surface area contributed by atoms with Crippen molar-refractivity contribution in [3.63, 3.8) is 0 Å². The van der Waals surface area contributed by atoms with Gasteiger partial charge in [-0.05, 0) is 36.1 Å². The Morgan fingerprint density at radius 2 is 1.73 bits per heavy atom. The lowest BCUT2D eigenvalue weighted by molar-refractivity contribution is -0.123. The van der Waals surface area contributed by atoms with Gasteiger partial charge in [-0.2, -0.15) is 0 Å². The zero-order chi connectivity index (χ0) is 17.7. The lowest BCUT2D eigenvalue weighted by Crippen LogP contribution is -2.44. The van der Waals surface area contributed by atoms with Crippen molar-refractivity contribution in [3.8, 4) is 5.75 Å². The molecule has 1 amide bonds. The second-order valence-electron chi connectivity index (χ2n) is 6.79. The molecule has 0 heterocycles. The number of halogens is 1. The Labute approximate surface area is 161 Å². The van der Waals surface area contributed by atoms with Crippen LogP contribution in [0.4, 0.5) is 0 Å². The zero-order valence-electron chi connectivity index (χ0n) is 15.1. The first-order chi connectivity index (χ1) is 12.1. The first-order valence-electron chi connectivity index (χ1n) is 8.89. The van der Waals surface area contributed by atoms with E-state index < -0.39 is 0 Å². The van der Waals surface area contributed by atoms with Crippen LogP contribution < -0.4 is 15.8 Å². The Kier molecular flexibility index (Phi) is 7.06. The summed E-state index contributed by atoms with van der Waals surface area (Å²) in [6, 6.07) is 17.5. The van der Waals surface area contributed by atoms with E-state index in [2.05, 4.69) is 17.4 Å². The van der Waals surface area contributed by atoms with Gasteiger partial charge in [0, 0.05) is 12.5 Å². The number of carbonyl (C=O) groups excluding carboxylic acids is 1. The molecule has 1 unspecified atom stereocenters. The van der Waals surface area contributed by atoms with E-state index in [0.29, 0.717) is 6.42 Å². The van der Waals surface area contributed by atoms with Gasteiger partial charge >= 0.3 is 0 Å². The van der Waals surface area contributed by atoms with E-state index in [1.807, 2.05) is 42.5 Å². The van der Waals surface area contributed by atoms with E-state index in [-0.39, 0.29) is 29.9 Å². The fourth-order valence-electron chi connectivity index (χ4n) is 3.71. The number of hydrogen-bond acceptors (Lipinski definition) is 3. The van der Waals surface area contributed by atoms with Crippen LogP contribution in [0.3, 0.4) is 0 Å². The van der Waals surface area contributed by atoms with Gasteiger partial charge in [-0.25, -0.2) is 0 Å². The quantitative estimate of drug-likeness (QED) is 0.800. The number of hydrogen-bond donors (Lipinski definition) is 2. The molecule has 0 saturated heterocycles. The monoisotopic (exact) mass is 374 g/mol. The number of amides is 1. The maximum absolute atomic E-state index is 12.7. The van der Waals surface area contributed by atoms with Crippen molar-refractivity contribution in [2.75, 3.05) is 7.11 Å². The highest BCUT2D eigenvalue weighted by Gasteiger charge is 2.37. The Bertz CT molecular complexity index is 698. The van der Waals surface area contributed by atoms with Crippen LogP contribution in [0.15, 0.2) is 54.6 Å². The van der Waals surface area contributed by atoms with Crippen molar-refractivity contribution < 1.29 is 9.53 Å². The molecule has 5 heteroatoms. The summed E-state index contributed by atoms with van der Waals surface area (Å²) in [6.07, 6.45) is 4.47. The molecule has 2 aromatic rings. The molecule has 26 heavy (non-hydrogen) atoms. The van der Waals surface area contributed by atoms with Crippen LogP contribution in [0.1, 0.15) is 49.3 Å². The minimum Gasteiger partial charge on any atom is -0.497 e. The summed E-state index contributed by atoms with van der Waals surface area (Å²) in [7, 11) is 1.66. The number of ether oxygens (including phenoxy) is 1. The molecule has 0 spiro atoms. The summed E-state index contributed by atoms with van der Waals surface area (Å²) in [5.41, 5.74) is 8.07.